The quantitative estimate of drug-likeness (QED) is 0.140. The molecule has 101 heavy (non-hydrogen) atoms. The number of alkyl halides is 7. The zero-order valence-electron chi connectivity index (χ0n) is 52.0. The van der Waals surface area contributed by atoms with Crippen molar-refractivity contribution < 1.29 is 62.6 Å². The predicted molar refractivity (Wildman–Crippen MR) is 361 cm³/mol. The average Bonchev–Trinajstić information content (AvgIpc) is 0.843. The second-order valence-electron chi connectivity index (χ2n) is 15.7. The molecule has 0 radical (unpaired) electrons. The Hall–Kier alpha value is -17.2. The number of amides is 1. The van der Waals surface area contributed by atoms with Crippen LogP contribution < -0.4 is 11.1 Å². The Kier molecular flexibility index (Phi) is 50.2. The highest BCUT2D eigenvalue weighted by atomic mass is 19.4. The molecule has 0 fully saturated rings. The second-order valence-corrected chi connectivity index (χ2v) is 15.7. The van der Waals surface area contributed by atoms with Gasteiger partial charge in [0.1, 0.15) is 5.60 Å². The summed E-state index contributed by atoms with van der Waals surface area (Å²) >= 11 is 0. The third-order valence-electron chi connectivity index (χ3n) is 7.32. The number of rotatable bonds is 3. The van der Waals surface area contributed by atoms with Gasteiger partial charge in [0.2, 0.25) is 6.29 Å². The number of aldehydes is 1. The third kappa shape index (κ3) is 58.9. The van der Waals surface area contributed by atoms with Gasteiger partial charge in [-0.15, -0.1) is 0 Å². The summed E-state index contributed by atoms with van der Waals surface area (Å²) in [7, 11) is 0. The third-order valence-corrected chi connectivity index (χ3v) is 7.32. The molecule has 3 N–H and O–H groups in total. The van der Waals surface area contributed by atoms with Crippen LogP contribution >= 0.6 is 0 Å². The van der Waals surface area contributed by atoms with E-state index in [9.17, 15) is 53.1 Å². The summed E-state index contributed by atoms with van der Waals surface area (Å²) in [6.45, 7) is 8.17. The first-order valence-corrected chi connectivity index (χ1v) is 25.8. The summed E-state index contributed by atoms with van der Waals surface area (Å²) < 4.78 is 136. The van der Waals surface area contributed by atoms with Crippen molar-refractivity contribution in [1.82, 2.24) is 0 Å². The fourth-order valence-electron chi connectivity index (χ4n) is 3.99. The first-order valence-electron chi connectivity index (χ1n) is 25.8. The van der Waals surface area contributed by atoms with E-state index >= 15 is 0 Å². The summed E-state index contributed by atoms with van der Waals surface area (Å²) in [4.78, 5) is 20.1. The monoisotopic (exact) mass is 1330 g/mol. The van der Waals surface area contributed by atoms with Crippen molar-refractivity contribution in [2.24, 2.45) is 0 Å². The van der Waals surface area contributed by atoms with Gasteiger partial charge in [0.15, 0.2) is 23.3 Å². The van der Waals surface area contributed by atoms with Crippen molar-refractivity contribution in [3.63, 3.8) is 0 Å². The summed E-state index contributed by atoms with van der Waals surface area (Å²) in [6.07, 6.45) is -12.9. The summed E-state index contributed by atoms with van der Waals surface area (Å²) in [6, 6.07) is 2.63. The van der Waals surface area contributed by atoms with Crippen LogP contribution in [-0.2, 0) is 9.53 Å². The fraction of sp³-hybridized carbons (Fsp3) is 0.106. The SMILES string of the molecule is CC#CC#CC#CC#CC#CC#CC#CC#CC#CC#CC#CC#CC#CC#CC#CC#CC#CC#CC#CC#CC#CC#CC#CC#CC#CC#CC#CC#CC#CC#CC#CC.CC(C)(C)OC(=O)Nc1cc(F)c(F)c(C(F)F)c1.Nc1cc(F)c(F)c(C(F)F)c1.O=CC(F)(F)F. The van der Waals surface area contributed by atoms with Crippen molar-refractivity contribution in [2.75, 3.05) is 11.1 Å². The number of carbonyl (C=O) groups is 2. The molecule has 470 valence electrons. The van der Waals surface area contributed by atoms with E-state index in [-0.39, 0.29) is 11.4 Å². The van der Waals surface area contributed by atoms with Crippen molar-refractivity contribution in [1.29, 1.82) is 0 Å². The van der Waals surface area contributed by atoms with Crippen LogP contribution in [0.25, 0.3) is 0 Å². The zero-order valence-corrected chi connectivity index (χ0v) is 52.0. The minimum atomic E-state index is -4.64. The van der Waals surface area contributed by atoms with Crippen molar-refractivity contribution in [3.8, 4) is 367 Å². The molecule has 2 aromatic carbocycles. The number of nitrogens with one attached hydrogen (secondary N) is 1. The summed E-state index contributed by atoms with van der Waals surface area (Å²) in [5, 5.41) is 2.06. The smallest absolute Gasteiger partial charge is 0.444 e. The van der Waals surface area contributed by atoms with E-state index in [1.807, 2.05) is 0 Å². The molecule has 2 rings (SSSR count). The number of ether oxygens (including phenoxy) is 1. The van der Waals surface area contributed by atoms with Crippen LogP contribution in [0.4, 0.5) is 64.5 Å². The highest BCUT2D eigenvalue weighted by Crippen LogP contribution is 2.28. The highest BCUT2D eigenvalue weighted by Gasteiger charge is 2.25. The molecule has 0 bridgehead atoms. The van der Waals surface area contributed by atoms with E-state index in [0.29, 0.717) is 24.3 Å². The van der Waals surface area contributed by atoms with Gasteiger partial charge in [-0.2, -0.15) is 13.2 Å². The Bertz CT molecular complexity index is 5480. The Morgan fingerprint density at radius 3 is 0.703 bits per heavy atom. The number of nitrogens with two attached hydrogens (primary N) is 1. The van der Waals surface area contributed by atoms with Gasteiger partial charge < -0.3 is 10.5 Å². The number of hydrogen-bond donors (Lipinski definition) is 2. The van der Waals surface area contributed by atoms with Crippen LogP contribution in [0.2, 0.25) is 0 Å². The molecule has 0 aromatic heterocycles. The largest absolute Gasteiger partial charge is 0.446 e. The number of benzene rings is 2. The first kappa shape index (κ1) is 85.8. The lowest BCUT2D eigenvalue weighted by atomic mass is 10.2. The molecule has 1 amide bonds. The van der Waals surface area contributed by atoms with Gasteiger partial charge >= 0.3 is 12.3 Å². The highest BCUT2D eigenvalue weighted by molar-refractivity contribution is 5.85. The predicted octanol–water partition coefficient (Wildman–Crippen LogP) is 8.61. The van der Waals surface area contributed by atoms with E-state index in [2.05, 4.69) is 372 Å². The van der Waals surface area contributed by atoms with Gasteiger partial charge in [0, 0.05) is 278 Å². The van der Waals surface area contributed by atoms with Crippen LogP contribution in [0, 0.1) is 390 Å². The van der Waals surface area contributed by atoms with Gasteiger partial charge in [-0.25, -0.2) is 39.9 Å². The Morgan fingerprint density at radius 2 is 0.535 bits per heavy atom. The number of nitrogen functional groups attached to an aromatic ring is 1. The molecule has 0 aliphatic heterocycles. The van der Waals surface area contributed by atoms with Gasteiger partial charge in [0.25, 0.3) is 12.9 Å². The molecule has 0 spiro atoms. The number of anilines is 2. The molecule has 0 aliphatic rings. The van der Waals surface area contributed by atoms with E-state index < -0.39 is 71.4 Å². The maximum absolute atomic E-state index is 13.1. The van der Waals surface area contributed by atoms with Crippen LogP contribution in [0.5, 0.6) is 0 Å². The van der Waals surface area contributed by atoms with Crippen molar-refractivity contribution >= 4 is 23.8 Å². The second kappa shape index (κ2) is 59.1. The summed E-state index contributed by atoms with van der Waals surface area (Å²) in [5.74, 6) is 150. The number of halogens is 11. The van der Waals surface area contributed by atoms with Crippen LogP contribution in [-0.4, -0.2) is 24.2 Å². The molecule has 0 atom stereocenters. The molecular weight excluding hydrogens is 1310 g/mol. The molecule has 0 unspecified atom stereocenters. The van der Waals surface area contributed by atoms with Gasteiger partial charge in [0.05, 0.1) is 11.1 Å². The lowest BCUT2D eigenvalue weighted by Gasteiger charge is -2.20. The maximum Gasteiger partial charge on any atom is 0.446 e. The first-order chi connectivity index (χ1) is 48.6. The van der Waals surface area contributed by atoms with Gasteiger partial charge in [-0.3, -0.25) is 10.1 Å². The van der Waals surface area contributed by atoms with Crippen molar-refractivity contribution in [2.45, 2.75) is 59.2 Å². The minimum absolute atomic E-state index is 0.218. The van der Waals surface area contributed by atoms with Crippen LogP contribution in [0.1, 0.15) is 58.6 Å². The topological polar surface area (TPSA) is 81.4 Å². The number of hydrogen-bond acceptors (Lipinski definition) is 4. The molecule has 0 saturated heterocycles. The summed E-state index contributed by atoms with van der Waals surface area (Å²) in [5.41, 5.74) is 1.58. The van der Waals surface area contributed by atoms with Crippen LogP contribution in [0.3, 0.4) is 0 Å². The number of carbonyl (C=O) groups excluding carboxylic acids is 2. The lowest BCUT2D eigenvalue weighted by Crippen LogP contribution is -2.27. The minimum Gasteiger partial charge on any atom is -0.444 e. The van der Waals surface area contributed by atoms with Gasteiger partial charge in [-0.05, 0) is 148 Å². The van der Waals surface area contributed by atoms with E-state index in [1.54, 1.807) is 34.6 Å². The van der Waals surface area contributed by atoms with Crippen molar-refractivity contribution in [3.05, 3.63) is 58.7 Å². The molecule has 0 saturated carbocycles. The molecule has 0 heterocycles. The molecular formula is C85H25F11N2O3. The van der Waals surface area contributed by atoms with E-state index in [1.165, 1.54) is 0 Å². The van der Waals surface area contributed by atoms with E-state index in [4.69, 9.17) is 15.3 Å². The molecule has 0 aliphatic carbocycles. The van der Waals surface area contributed by atoms with Crippen LogP contribution in [0.15, 0.2) is 24.3 Å². The standard InChI is InChI=1S/C64H6.C12H13F4NO2.C7H5F4N.C2HF3O/c1-3-5-7-9-11-13-15-17-19-21-23-25-27-29-31-33-35-37-39-41-43-45-47-49-51-53-55-57-59-61-63-64-62-60-58-56-54-52-50-48-46-44-42-40-38-36-34-32-30-28-26-24-22-20-18-16-14-12-10-8-6-4-2;1-12(2,3)19-11(18)17-6-4-7(10(15)16)9(14)8(13)5-6;8-5-2-3(12)1-4(6(5)9)7(10)11;3-2(4,5)1-6/h1-2H3;4-5,10H,1-3H3,(H,17,18);1-2,7H,12H2;1H. The Balaban J connectivity index is 0. The molecule has 5 nitrogen and oxygen atoms in total. The zero-order chi connectivity index (χ0) is 75.1. The average molecular weight is 1330 g/mol. The normalized spacial score (nSPS) is 6.63. The van der Waals surface area contributed by atoms with Gasteiger partial charge in [-0.1, -0.05) is 11.8 Å². The maximum atomic E-state index is 13.1. The molecule has 16 heteroatoms. The van der Waals surface area contributed by atoms with E-state index in [0.717, 1.165) is 0 Å². The Labute approximate surface area is 579 Å². The Morgan fingerprint density at radius 1 is 0.356 bits per heavy atom. The molecule has 2 aromatic rings. The lowest BCUT2D eigenvalue weighted by molar-refractivity contribution is -0.156. The fourth-order valence-corrected chi connectivity index (χ4v) is 3.99.